The van der Waals surface area contributed by atoms with Crippen molar-refractivity contribution in [2.45, 2.75) is 232 Å². The number of carbonyl (C=O) groups is 3. The molecule has 0 aliphatic rings. The fourth-order valence-corrected chi connectivity index (χ4v) is 6.52. The number of esters is 3. The molecule has 0 amide bonds. The SMILES string of the molecule is CC/C=C\C/C=C\C/C=C\C/C=C\C/C=C\CCCC(=O)O[C@H](COC(=O)CCCCCCC/C=C\CCCC)COC(=O)CCCCCCCCCCCCCCC. The van der Waals surface area contributed by atoms with Crippen molar-refractivity contribution in [3.63, 3.8) is 0 Å². The van der Waals surface area contributed by atoms with E-state index in [4.69, 9.17) is 14.2 Å². The normalized spacial score (nSPS) is 12.7. The van der Waals surface area contributed by atoms with E-state index < -0.39 is 6.10 Å². The zero-order chi connectivity index (χ0) is 43.0. The lowest BCUT2D eigenvalue weighted by atomic mass is 10.0. The van der Waals surface area contributed by atoms with E-state index in [1.807, 2.05) is 0 Å². The van der Waals surface area contributed by atoms with Crippen LogP contribution in [0.4, 0.5) is 0 Å². The first-order valence-corrected chi connectivity index (χ1v) is 24.4. The Kier molecular flexibility index (Phi) is 45.0. The van der Waals surface area contributed by atoms with Gasteiger partial charge in [0.2, 0.25) is 0 Å². The Morgan fingerprint density at radius 3 is 1.15 bits per heavy atom. The zero-order valence-corrected chi connectivity index (χ0v) is 38.5. The molecule has 0 unspecified atom stereocenters. The third kappa shape index (κ3) is 45.8. The van der Waals surface area contributed by atoms with Crippen LogP contribution in [0, 0.1) is 0 Å². The third-order valence-electron chi connectivity index (χ3n) is 10.2. The lowest BCUT2D eigenvalue weighted by molar-refractivity contribution is -0.167. The summed E-state index contributed by atoms with van der Waals surface area (Å²) in [7, 11) is 0. The molecule has 0 rings (SSSR count). The highest BCUT2D eigenvalue weighted by atomic mass is 16.6. The Morgan fingerprint density at radius 2 is 0.695 bits per heavy atom. The number of hydrogen-bond acceptors (Lipinski definition) is 6. The van der Waals surface area contributed by atoms with Gasteiger partial charge in [-0.2, -0.15) is 0 Å². The van der Waals surface area contributed by atoms with Crippen LogP contribution < -0.4 is 0 Å². The standard InChI is InChI=1S/C53H90O6/c1-4-7-10-13-16-19-22-24-25-26-27-29-32-35-38-41-44-47-53(56)59-50(48-57-51(54)45-42-39-36-33-30-21-18-15-12-9-6-3)49-58-52(55)46-43-40-37-34-31-28-23-20-17-14-11-8-5-2/h7,10,15-16,18-19,24-25,27,29,35,38,50H,4-6,8-9,11-14,17,20-23,26,28,30-34,36-37,39-49H2,1-3H3/b10-7-,18-15-,19-16-,25-24-,29-27-,38-35-/t50-/m1/s1. The predicted octanol–water partition coefficient (Wildman–Crippen LogP) is 15.9. The second-order valence-electron chi connectivity index (χ2n) is 16.0. The summed E-state index contributed by atoms with van der Waals surface area (Å²) < 4.78 is 16.7. The molecule has 0 spiro atoms. The highest BCUT2D eigenvalue weighted by Crippen LogP contribution is 2.14. The molecule has 0 heterocycles. The average molecular weight is 823 g/mol. The molecule has 0 saturated heterocycles. The second-order valence-corrected chi connectivity index (χ2v) is 16.0. The Balaban J connectivity index is 4.48. The van der Waals surface area contributed by atoms with Crippen molar-refractivity contribution < 1.29 is 28.6 Å². The Hall–Kier alpha value is -3.15. The van der Waals surface area contributed by atoms with Crippen LogP contribution in [-0.2, 0) is 28.6 Å². The lowest BCUT2D eigenvalue weighted by Crippen LogP contribution is -2.30. The predicted molar refractivity (Wildman–Crippen MR) is 251 cm³/mol. The van der Waals surface area contributed by atoms with E-state index in [2.05, 4.69) is 93.7 Å². The number of hydrogen-bond donors (Lipinski definition) is 0. The fourth-order valence-electron chi connectivity index (χ4n) is 6.52. The minimum absolute atomic E-state index is 0.0992. The van der Waals surface area contributed by atoms with Crippen LogP contribution in [0.15, 0.2) is 72.9 Å². The van der Waals surface area contributed by atoms with Gasteiger partial charge in [0.05, 0.1) is 0 Å². The minimum Gasteiger partial charge on any atom is -0.462 e. The second kappa shape index (κ2) is 47.5. The van der Waals surface area contributed by atoms with Crippen LogP contribution in [-0.4, -0.2) is 37.2 Å². The summed E-state index contributed by atoms with van der Waals surface area (Å²) in [5.41, 5.74) is 0. The Bertz CT molecular complexity index is 1130. The van der Waals surface area contributed by atoms with Gasteiger partial charge in [-0.05, 0) is 77.0 Å². The molecular formula is C53H90O6. The van der Waals surface area contributed by atoms with Crippen LogP contribution in [0.5, 0.6) is 0 Å². The zero-order valence-electron chi connectivity index (χ0n) is 38.5. The van der Waals surface area contributed by atoms with Gasteiger partial charge in [-0.15, -0.1) is 0 Å². The highest BCUT2D eigenvalue weighted by molar-refractivity contribution is 5.71. The third-order valence-corrected chi connectivity index (χ3v) is 10.2. The number of carbonyl (C=O) groups excluding carboxylic acids is 3. The van der Waals surface area contributed by atoms with E-state index in [0.29, 0.717) is 19.3 Å². The maximum Gasteiger partial charge on any atom is 0.306 e. The van der Waals surface area contributed by atoms with E-state index >= 15 is 0 Å². The van der Waals surface area contributed by atoms with E-state index in [1.165, 1.54) is 89.9 Å². The van der Waals surface area contributed by atoms with Gasteiger partial charge < -0.3 is 14.2 Å². The minimum atomic E-state index is -0.805. The molecule has 0 aromatic carbocycles. The van der Waals surface area contributed by atoms with E-state index in [0.717, 1.165) is 89.9 Å². The van der Waals surface area contributed by atoms with Gasteiger partial charge in [-0.25, -0.2) is 0 Å². The van der Waals surface area contributed by atoms with Gasteiger partial charge in [-0.1, -0.05) is 203 Å². The molecule has 0 bridgehead atoms. The summed E-state index contributed by atoms with van der Waals surface area (Å²) in [5, 5.41) is 0. The molecule has 0 N–H and O–H groups in total. The summed E-state index contributed by atoms with van der Waals surface area (Å²) >= 11 is 0. The van der Waals surface area contributed by atoms with Crippen molar-refractivity contribution in [1.82, 2.24) is 0 Å². The van der Waals surface area contributed by atoms with Gasteiger partial charge in [0.1, 0.15) is 13.2 Å². The molecule has 1 atom stereocenters. The number of unbranched alkanes of at least 4 members (excludes halogenated alkanes) is 20. The first kappa shape index (κ1) is 55.9. The van der Waals surface area contributed by atoms with Crippen LogP contribution in [0.3, 0.4) is 0 Å². The first-order valence-electron chi connectivity index (χ1n) is 24.4. The van der Waals surface area contributed by atoms with Crippen molar-refractivity contribution in [2.24, 2.45) is 0 Å². The van der Waals surface area contributed by atoms with Crippen LogP contribution in [0.25, 0.3) is 0 Å². The average Bonchev–Trinajstić information content (AvgIpc) is 3.23. The molecule has 6 heteroatoms. The first-order chi connectivity index (χ1) is 29.0. The summed E-state index contributed by atoms with van der Waals surface area (Å²) in [6, 6.07) is 0. The molecule has 0 aromatic rings. The smallest absolute Gasteiger partial charge is 0.306 e. The van der Waals surface area contributed by atoms with Crippen LogP contribution in [0.2, 0.25) is 0 Å². The molecule has 0 radical (unpaired) electrons. The molecule has 0 fully saturated rings. The van der Waals surface area contributed by atoms with E-state index in [9.17, 15) is 14.4 Å². The molecule has 0 saturated carbocycles. The monoisotopic (exact) mass is 823 g/mol. The van der Waals surface area contributed by atoms with Crippen LogP contribution >= 0.6 is 0 Å². The molecule has 59 heavy (non-hydrogen) atoms. The molecule has 6 nitrogen and oxygen atoms in total. The summed E-state index contributed by atoms with van der Waals surface area (Å²) in [6.45, 7) is 6.42. The van der Waals surface area contributed by atoms with Gasteiger partial charge in [0, 0.05) is 19.3 Å². The fraction of sp³-hybridized carbons (Fsp3) is 0.717. The highest BCUT2D eigenvalue weighted by Gasteiger charge is 2.19. The van der Waals surface area contributed by atoms with Crippen molar-refractivity contribution in [2.75, 3.05) is 13.2 Å². The van der Waals surface area contributed by atoms with Gasteiger partial charge in [0.25, 0.3) is 0 Å². The topological polar surface area (TPSA) is 78.9 Å². The number of rotatable bonds is 43. The summed E-state index contributed by atoms with van der Waals surface area (Å²) in [6.07, 6.45) is 58.9. The van der Waals surface area contributed by atoms with Gasteiger partial charge >= 0.3 is 17.9 Å². The Labute approximate surface area is 363 Å². The van der Waals surface area contributed by atoms with Gasteiger partial charge in [0.15, 0.2) is 6.10 Å². The maximum atomic E-state index is 12.7. The lowest BCUT2D eigenvalue weighted by Gasteiger charge is -2.18. The van der Waals surface area contributed by atoms with Crippen molar-refractivity contribution >= 4 is 17.9 Å². The van der Waals surface area contributed by atoms with Crippen molar-refractivity contribution in [1.29, 1.82) is 0 Å². The van der Waals surface area contributed by atoms with Gasteiger partial charge in [-0.3, -0.25) is 14.4 Å². The molecular weight excluding hydrogens is 733 g/mol. The molecule has 0 aliphatic carbocycles. The van der Waals surface area contributed by atoms with Crippen molar-refractivity contribution in [3.05, 3.63) is 72.9 Å². The quantitative estimate of drug-likeness (QED) is 0.0264. The van der Waals surface area contributed by atoms with E-state index in [-0.39, 0.29) is 37.5 Å². The molecule has 338 valence electrons. The molecule has 0 aliphatic heterocycles. The van der Waals surface area contributed by atoms with Crippen molar-refractivity contribution in [3.8, 4) is 0 Å². The summed E-state index contributed by atoms with van der Waals surface area (Å²) in [5.74, 6) is -0.969. The summed E-state index contributed by atoms with van der Waals surface area (Å²) in [4.78, 5) is 37.8. The number of ether oxygens (including phenoxy) is 3. The molecule has 0 aromatic heterocycles. The largest absolute Gasteiger partial charge is 0.462 e. The maximum absolute atomic E-state index is 12.7. The van der Waals surface area contributed by atoms with E-state index in [1.54, 1.807) is 0 Å². The Morgan fingerprint density at radius 1 is 0.356 bits per heavy atom. The number of allylic oxidation sites excluding steroid dienone is 12. The van der Waals surface area contributed by atoms with Crippen LogP contribution in [0.1, 0.15) is 226 Å².